The average Bonchev–Trinajstić information content (AvgIpc) is 2.13. The summed E-state index contributed by atoms with van der Waals surface area (Å²) in [6, 6.07) is 1.80. The SMILES string of the molecule is CCN(CC)c1cc(Cl)c(N)cn1. The van der Waals surface area contributed by atoms with Gasteiger partial charge in [-0.25, -0.2) is 4.98 Å². The topological polar surface area (TPSA) is 42.1 Å². The maximum atomic E-state index is 5.88. The Labute approximate surface area is 83.5 Å². The summed E-state index contributed by atoms with van der Waals surface area (Å²) < 4.78 is 0. The van der Waals surface area contributed by atoms with E-state index < -0.39 is 0 Å². The van der Waals surface area contributed by atoms with Gasteiger partial charge in [0.2, 0.25) is 0 Å². The summed E-state index contributed by atoms with van der Waals surface area (Å²) in [6.45, 7) is 6.00. The van der Waals surface area contributed by atoms with Gasteiger partial charge < -0.3 is 10.6 Å². The first kappa shape index (κ1) is 10.1. The van der Waals surface area contributed by atoms with Crippen molar-refractivity contribution in [3.63, 3.8) is 0 Å². The Bertz CT molecular complexity index is 284. The molecule has 13 heavy (non-hydrogen) atoms. The average molecular weight is 200 g/mol. The quantitative estimate of drug-likeness (QED) is 0.812. The highest BCUT2D eigenvalue weighted by atomic mass is 35.5. The molecule has 2 N–H and O–H groups in total. The molecule has 0 saturated carbocycles. The monoisotopic (exact) mass is 199 g/mol. The molecule has 0 atom stereocenters. The number of pyridine rings is 1. The standard InChI is InChI=1S/C9H14ClN3/c1-3-13(4-2)9-5-7(10)8(11)6-12-9/h5-6H,3-4,11H2,1-2H3. The first-order chi connectivity index (χ1) is 6.19. The second-order valence-electron chi connectivity index (χ2n) is 2.74. The number of halogens is 1. The summed E-state index contributed by atoms with van der Waals surface area (Å²) in [7, 11) is 0. The number of hydrogen-bond donors (Lipinski definition) is 1. The van der Waals surface area contributed by atoms with E-state index in [0.29, 0.717) is 10.7 Å². The van der Waals surface area contributed by atoms with Gasteiger partial charge in [-0.15, -0.1) is 0 Å². The Morgan fingerprint density at radius 2 is 2.08 bits per heavy atom. The van der Waals surface area contributed by atoms with Gasteiger partial charge >= 0.3 is 0 Å². The summed E-state index contributed by atoms with van der Waals surface area (Å²) >= 11 is 5.88. The van der Waals surface area contributed by atoms with Crippen molar-refractivity contribution in [1.29, 1.82) is 0 Å². The molecule has 0 aromatic carbocycles. The maximum Gasteiger partial charge on any atom is 0.130 e. The Kier molecular flexibility index (Phi) is 3.37. The molecular weight excluding hydrogens is 186 g/mol. The molecule has 1 heterocycles. The van der Waals surface area contributed by atoms with E-state index in [-0.39, 0.29) is 0 Å². The number of anilines is 2. The van der Waals surface area contributed by atoms with Gasteiger partial charge in [0.25, 0.3) is 0 Å². The van der Waals surface area contributed by atoms with Crippen molar-refractivity contribution in [2.24, 2.45) is 0 Å². The molecule has 3 nitrogen and oxygen atoms in total. The molecule has 0 unspecified atom stereocenters. The summed E-state index contributed by atoms with van der Waals surface area (Å²) in [5.74, 6) is 0.879. The van der Waals surface area contributed by atoms with Crippen molar-refractivity contribution >= 4 is 23.1 Å². The van der Waals surface area contributed by atoms with Crippen LogP contribution in [-0.4, -0.2) is 18.1 Å². The number of nitrogens with two attached hydrogens (primary N) is 1. The van der Waals surface area contributed by atoms with Gasteiger partial charge in [0.15, 0.2) is 0 Å². The third kappa shape index (κ3) is 2.25. The van der Waals surface area contributed by atoms with Crippen LogP contribution in [-0.2, 0) is 0 Å². The van der Waals surface area contributed by atoms with Gasteiger partial charge in [-0.05, 0) is 13.8 Å². The van der Waals surface area contributed by atoms with E-state index in [1.165, 1.54) is 0 Å². The molecule has 4 heteroatoms. The van der Waals surface area contributed by atoms with Crippen LogP contribution in [0.25, 0.3) is 0 Å². The van der Waals surface area contributed by atoms with Crippen molar-refractivity contribution in [2.45, 2.75) is 13.8 Å². The molecule has 0 spiro atoms. The molecule has 72 valence electrons. The molecule has 1 aromatic heterocycles. The Hall–Kier alpha value is -0.960. The lowest BCUT2D eigenvalue weighted by Gasteiger charge is -2.19. The maximum absolute atomic E-state index is 5.88. The van der Waals surface area contributed by atoms with E-state index in [0.717, 1.165) is 18.9 Å². The number of hydrogen-bond acceptors (Lipinski definition) is 3. The van der Waals surface area contributed by atoms with Gasteiger partial charge in [0, 0.05) is 19.2 Å². The fourth-order valence-electron chi connectivity index (χ4n) is 1.15. The molecule has 0 bridgehead atoms. The number of nitrogens with zero attached hydrogens (tertiary/aromatic N) is 2. The van der Waals surface area contributed by atoms with Gasteiger partial charge in [-0.1, -0.05) is 11.6 Å². The predicted molar refractivity (Wildman–Crippen MR) is 57.2 cm³/mol. The van der Waals surface area contributed by atoms with Gasteiger partial charge in [0.1, 0.15) is 5.82 Å². The Balaban J connectivity index is 2.95. The molecule has 0 aliphatic carbocycles. The smallest absolute Gasteiger partial charge is 0.130 e. The van der Waals surface area contributed by atoms with Gasteiger partial charge in [-0.3, -0.25) is 0 Å². The van der Waals surface area contributed by atoms with E-state index >= 15 is 0 Å². The third-order valence-corrected chi connectivity index (χ3v) is 2.28. The highest BCUT2D eigenvalue weighted by Crippen LogP contribution is 2.22. The van der Waals surface area contributed by atoms with Crippen LogP contribution in [0.4, 0.5) is 11.5 Å². The molecule has 0 saturated heterocycles. The van der Waals surface area contributed by atoms with E-state index in [9.17, 15) is 0 Å². The summed E-state index contributed by atoms with van der Waals surface area (Å²) in [5.41, 5.74) is 6.08. The Morgan fingerprint density at radius 1 is 1.46 bits per heavy atom. The minimum absolute atomic E-state index is 0.526. The minimum Gasteiger partial charge on any atom is -0.396 e. The van der Waals surface area contributed by atoms with E-state index in [2.05, 4.69) is 23.7 Å². The first-order valence-corrected chi connectivity index (χ1v) is 4.72. The lowest BCUT2D eigenvalue weighted by molar-refractivity contribution is 0.846. The van der Waals surface area contributed by atoms with Crippen molar-refractivity contribution in [1.82, 2.24) is 4.98 Å². The van der Waals surface area contributed by atoms with Crippen molar-refractivity contribution in [3.05, 3.63) is 17.3 Å². The number of aromatic nitrogens is 1. The van der Waals surface area contributed by atoms with Crippen LogP contribution in [0.3, 0.4) is 0 Å². The third-order valence-electron chi connectivity index (χ3n) is 1.95. The molecule has 0 aliphatic rings. The lowest BCUT2D eigenvalue weighted by Crippen LogP contribution is -2.22. The summed E-state index contributed by atoms with van der Waals surface area (Å²) in [5, 5.41) is 0.567. The van der Waals surface area contributed by atoms with Crippen LogP contribution in [0.5, 0.6) is 0 Å². The van der Waals surface area contributed by atoms with Crippen LogP contribution >= 0.6 is 11.6 Å². The predicted octanol–water partition coefficient (Wildman–Crippen LogP) is 2.16. The van der Waals surface area contributed by atoms with Crippen LogP contribution < -0.4 is 10.6 Å². The van der Waals surface area contributed by atoms with Crippen molar-refractivity contribution < 1.29 is 0 Å². The fraction of sp³-hybridized carbons (Fsp3) is 0.444. The molecule has 0 radical (unpaired) electrons. The van der Waals surface area contributed by atoms with Gasteiger partial charge in [0.05, 0.1) is 16.9 Å². The van der Waals surface area contributed by atoms with Crippen LogP contribution in [0.15, 0.2) is 12.3 Å². The molecule has 1 rings (SSSR count). The van der Waals surface area contributed by atoms with Crippen LogP contribution in [0.1, 0.15) is 13.8 Å². The van der Waals surface area contributed by atoms with Crippen molar-refractivity contribution in [2.75, 3.05) is 23.7 Å². The van der Waals surface area contributed by atoms with E-state index in [4.69, 9.17) is 17.3 Å². The van der Waals surface area contributed by atoms with E-state index in [1.807, 2.05) is 0 Å². The zero-order valence-corrected chi connectivity index (χ0v) is 8.67. The zero-order chi connectivity index (χ0) is 9.84. The van der Waals surface area contributed by atoms with E-state index in [1.54, 1.807) is 12.3 Å². The number of nitrogen functional groups attached to an aromatic ring is 1. The molecule has 0 fully saturated rings. The zero-order valence-electron chi connectivity index (χ0n) is 7.92. The largest absolute Gasteiger partial charge is 0.396 e. The minimum atomic E-state index is 0.526. The van der Waals surface area contributed by atoms with Crippen LogP contribution in [0.2, 0.25) is 5.02 Å². The lowest BCUT2D eigenvalue weighted by atomic mass is 10.4. The Morgan fingerprint density at radius 3 is 2.54 bits per heavy atom. The van der Waals surface area contributed by atoms with Crippen molar-refractivity contribution in [3.8, 4) is 0 Å². The van der Waals surface area contributed by atoms with Crippen LogP contribution in [0, 0.1) is 0 Å². The molecular formula is C9H14ClN3. The summed E-state index contributed by atoms with van der Waals surface area (Å²) in [6.07, 6.45) is 1.59. The van der Waals surface area contributed by atoms with Gasteiger partial charge in [-0.2, -0.15) is 0 Å². The summed E-state index contributed by atoms with van der Waals surface area (Å²) in [4.78, 5) is 6.31. The molecule has 0 amide bonds. The second kappa shape index (κ2) is 4.33. The highest BCUT2D eigenvalue weighted by molar-refractivity contribution is 6.33. The first-order valence-electron chi connectivity index (χ1n) is 4.35. The normalized spacial score (nSPS) is 10.1. The second-order valence-corrected chi connectivity index (χ2v) is 3.14. The molecule has 0 aliphatic heterocycles. The number of rotatable bonds is 3. The molecule has 1 aromatic rings. The fourth-order valence-corrected chi connectivity index (χ4v) is 1.30. The highest BCUT2D eigenvalue weighted by Gasteiger charge is 2.04.